The van der Waals surface area contributed by atoms with E-state index in [0.717, 1.165) is 0 Å². The maximum absolute atomic E-state index is 10.9. The summed E-state index contributed by atoms with van der Waals surface area (Å²) >= 11 is 0. The molecule has 1 unspecified atom stereocenters. The molecule has 1 atom stereocenters. The number of pyridine rings is 1. The lowest BCUT2D eigenvalue weighted by Gasteiger charge is -2.14. The zero-order valence-corrected chi connectivity index (χ0v) is 10.8. The van der Waals surface area contributed by atoms with Crippen molar-refractivity contribution < 1.29 is 9.66 Å². The van der Waals surface area contributed by atoms with Crippen molar-refractivity contribution in [2.24, 2.45) is 0 Å². The maximum Gasteiger partial charge on any atom is 0.311 e. The van der Waals surface area contributed by atoms with Crippen LogP contribution in [0, 0.1) is 10.1 Å². The number of hydrogen-bond donors (Lipinski definition) is 2. The highest BCUT2D eigenvalue weighted by Crippen LogP contribution is 2.24. The lowest BCUT2D eigenvalue weighted by Crippen LogP contribution is -2.22. The van der Waals surface area contributed by atoms with Gasteiger partial charge in [-0.05, 0) is 19.9 Å². The molecule has 0 aliphatic carbocycles. The Labute approximate surface area is 106 Å². The fourth-order valence-corrected chi connectivity index (χ4v) is 1.51. The van der Waals surface area contributed by atoms with Crippen molar-refractivity contribution in [2.45, 2.75) is 19.9 Å². The van der Waals surface area contributed by atoms with Crippen LogP contribution in [0.4, 0.5) is 17.3 Å². The molecular formula is C11H18N4O3. The van der Waals surface area contributed by atoms with Crippen LogP contribution in [0.3, 0.4) is 0 Å². The first-order valence-corrected chi connectivity index (χ1v) is 5.73. The van der Waals surface area contributed by atoms with E-state index >= 15 is 0 Å². The van der Waals surface area contributed by atoms with Crippen LogP contribution < -0.4 is 10.6 Å². The molecule has 0 spiro atoms. The van der Waals surface area contributed by atoms with Crippen LogP contribution in [-0.2, 0) is 4.74 Å². The van der Waals surface area contributed by atoms with Crippen molar-refractivity contribution in [3.8, 4) is 0 Å². The van der Waals surface area contributed by atoms with E-state index in [1.54, 1.807) is 13.2 Å². The van der Waals surface area contributed by atoms with Crippen molar-refractivity contribution in [1.29, 1.82) is 0 Å². The van der Waals surface area contributed by atoms with Gasteiger partial charge in [-0.25, -0.2) is 4.98 Å². The van der Waals surface area contributed by atoms with Gasteiger partial charge in [0.2, 0.25) is 5.82 Å². The average Bonchev–Trinajstić information content (AvgIpc) is 2.29. The lowest BCUT2D eigenvalue weighted by atomic mass is 10.3. The molecule has 1 aromatic heterocycles. The van der Waals surface area contributed by atoms with Crippen LogP contribution in [0.2, 0.25) is 0 Å². The largest absolute Gasteiger partial charge is 0.383 e. The smallest absolute Gasteiger partial charge is 0.311 e. The van der Waals surface area contributed by atoms with E-state index in [0.29, 0.717) is 19.0 Å². The van der Waals surface area contributed by atoms with E-state index in [4.69, 9.17) is 4.74 Å². The molecule has 18 heavy (non-hydrogen) atoms. The third-order valence-electron chi connectivity index (χ3n) is 2.23. The number of methoxy groups -OCH3 is 1. The van der Waals surface area contributed by atoms with E-state index in [-0.39, 0.29) is 17.5 Å². The molecular weight excluding hydrogens is 236 g/mol. The molecule has 1 heterocycles. The molecule has 0 radical (unpaired) electrons. The summed E-state index contributed by atoms with van der Waals surface area (Å²) in [5, 5.41) is 16.9. The Morgan fingerprint density at radius 1 is 1.56 bits per heavy atom. The van der Waals surface area contributed by atoms with Gasteiger partial charge in [-0.2, -0.15) is 0 Å². The Bertz CT molecular complexity index is 411. The van der Waals surface area contributed by atoms with Gasteiger partial charge in [0.15, 0.2) is 0 Å². The fraction of sp³-hybridized carbons (Fsp3) is 0.545. The molecule has 0 saturated carbocycles. The standard InChI is InChI=1S/C11H18N4O3/c1-4-12-10-6-5-9(15(16)17)11(14-10)13-8(2)7-18-3/h5-6,8H,4,7H2,1-3H3,(H2,12,13,14). The summed E-state index contributed by atoms with van der Waals surface area (Å²) in [6.45, 7) is 4.96. The van der Waals surface area contributed by atoms with E-state index < -0.39 is 4.92 Å². The number of nitrogens with one attached hydrogen (secondary N) is 2. The Morgan fingerprint density at radius 3 is 2.83 bits per heavy atom. The summed E-state index contributed by atoms with van der Waals surface area (Å²) in [7, 11) is 1.58. The maximum atomic E-state index is 10.9. The van der Waals surface area contributed by atoms with Crippen LogP contribution in [0.1, 0.15) is 13.8 Å². The highest BCUT2D eigenvalue weighted by molar-refractivity contribution is 5.60. The van der Waals surface area contributed by atoms with Gasteiger partial charge in [0.25, 0.3) is 0 Å². The summed E-state index contributed by atoms with van der Waals surface area (Å²) in [6, 6.07) is 2.97. The molecule has 2 N–H and O–H groups in total. The lowest BCUT2D eigenvalue weighted by molar-refractivity contribution is -0.384. The molecule has 0 aromatic carbocycles. The van der Waals surface area contributed by atoms with Crippen molar-refractivity contribution in [2.75, 3.05) is 30.9 Å². The van der Waals surface area contributed by atoms with Gasteiger partial charge in [-0.15, -0.1) is 0 Å². The molecule has 100 valence electrons. The molecule has 1 rings (SSSR count). The van der Waals surface area contributed by atoms with Crippen LogP contribution in [-0.4, -0.2) is 36.2 Å². The third-order valence-corrected chi connectivity index (χ3v) is 2.23. The van der Waals surface area contributed by atoms with Gasteiger partial charge in [0.1, 0.15) is 5.82 Å². The number of nitro groups is 1. The average molecular weight is 254 g/mol. The number of ether oxygens (including phenoxy) is 1. The summed E-state index contributed by atoms with van der Waals surface area (Å²) in [5.41, 5.74) is -0.0420. The molecule has 7 heteroatoms. The Morgan fingerprint density at radius 2 is 2.28 bits per heavy atom. The highest BCUT2D eigenvalue weighted by atomic mass is 16.6. The first kappa shape index (κ1) is 14.2. The molecule has 0 fully saturated rings. The SMILES string of the molecule is CCNc1ccc([N+](=O)[O-])c(NC(C)COC)n1. The minimum atomic E-state index is -0.454. The molecule has 1 aromatic rings. The first-order valence-electron chi connectivity index (χ1n) is 5.73. The van der Waals surface area contributed by atoms with Gasteiger partial charge >= 0.3 is 5.69 Å². The van der Waals surface area contributed by atoms with Gasteiger partial charge in [0, 0.05) is 25.8 Å². The van der Waals surface area contributed by atoms with Crippen LogP contribution >= 0.6 is 0 Å². The fourth-order valence-electron chi connectivity index (χ4n) is 1.51. The second-order valence-corrected chi connectivity index (χ2v) is 3.85. The summed E-state index contributed by atoms with van der Waals surface area (Å²) < 4.78 is 4.98. The number of aromatic nitrogens is 1. The van der Waals surface area contributed by atoms with Crippen molar-refractivity contribution in [3.63, 3.8) is 0 Å². The second-order valence-electron chi connectivity index (χ2n) is 3.85. The topological polar surface area (TPSA) is 89.3 Å². The molecule has 7 nitrogen and oxygen atoms in total. The Balaban J connectivity index is 2.95. The first-order chi connectivity index (χ1) is 8.58. The molecule has 0 amide bonds. The minimum Gasteiger partial charge on any atom is -0.383 e. The van der Waals surface area contributed by atoms with Crippen molar-refractivity contribution in [3.05, 3.63) is 22.2 Å². The van der Waals surface area contributed by atoms with Crippen LogP contribution in [0.15, 0.2) is 12.1 Å². The number of anilines is 2. The Hall–Kier alpha value is -1.89. The van der Waals surface area contributed by atoms with Gasteiger partial charge in [0.05, 0.1) is 11.5 Å². The number of hydrogen-bond acceptors (Lipinski definition) is 6. The van der Waals surface area contributed by atoms with Crippen molar-refractivity contribution >= 4 is 17.3 Å². The normalized spacial score (nSPS) is 11.9. The molecule has 0 aliphatic heterocycles. The van der Waals surface area contributed by atoms with Crippen molar-refractivity contribution in [1.82, 2.24) is 4.98 Å². The zero-order chi connectivity index (χ0) is 13.5. The van der Waals surface area contributed by atoms with Crippen LogP contribution in [0.5, 0.6) is 0 Å². The zero-order valence-electron chi connectivity index (χ0n) is 10.8. The third kappa shape index (κ3) is 3.85. The van der Waals surface area contributed by atoms with Gasteiger partial charge < -0.3 is 15.4 Å². The van der Waals surface area contributed by atoms with E-state index in [2.05, 4.69) is 15.6 Å². The Kier molecular flexibility index (Phi) is 5.31. The quantitative estimate of drug-likeness (QED) is 0.570. The number of nitrogens with zero attached hydrogens (tertiary/aromatic N) is 2. The predicted octanol–water partition coefficient (Wildman–Crippen LogP) is 1.87. The van der Waals surface area contributed by atoms with Gasteiger partial charge in [-0.1, -0.05) is 0 Å². The second kappa shape index (κ2) is 6.75. The summed E-state index contributed by atoms with van der Waals surface area (Å²) in [5.74, 6) is 0.859. The highest BCUT2D eigenvalue weighted by Gasteiger charge is 2.17. The van der Waals surface area contributed by atoms with E-state index in [9.17, 15) is 10.1 Å². The van der Waals surface area contributed by atoms with Gasteiger partial charge in [-0.3, -0.25) is 10.1 Å². The minimum absolute atomic E-state index is 0.0420. The van der Waals surface area contributed by atoms with E-state index in [1.165, 1.54) is 6.07 Å². The summed E-state index contributed by atoms with van der Waals surface area (Å²) in [6.07, 6.45) is 0. The summed E-state index contributed by atoms with van der Waals surface area (Å²) in [4.78, 5) is 14.6. The number of rotatable bonds is 7. The van der Waals surface area contributed by atoms with Crippen LogP contribution in [0.25, 0.3) is 0 Å². The molecule has 0 saturated heterocycles. The predicted molar refractivity (Wildman–Crippen MR) is 70.0 cm³/mol. The molecule has 0 bridgehead atoms. The monoisotopic (exact) mass is 254 g/mol. The van der Waals surface area contributed by atoms with E-state index in [1.807, 2.05) is 13.8 Å². The molecule has 0 aliphatic rings.